The lowest BCUT2D eigenvalue weighted by molar-refractivity contribution is -0.148. The highest BCUT2D eigenvalue weighted by atomic mass is 31.2. The van der Waals surface area contributed by atoms with Crippen molar-refractivity contribution >= 4 is 36.1 Å². The molecule has 4 aliphatic rings. The summed E-state index contributed by atoms with van der Waals surface area (Å²) in [5.74, 6) is 0.163. The normalized spacial score (nSPS) is 27.4. The number of hydrogen-bond acceptors (Lipinski definition) is 4. The van der Waals surface area contributed by atoms with E-state index in [0.717, 1.165) is 43.9 Å². The van der Waals surface area contributed by atoms with Crippen LogP contribution in [-0.2, 0) is 20.3 Å². The Labute approximate surface area is 269 Å². The second-order valence-electron chi connectivity index (χ2n) is 14.1. The van der Waals surface area contributed by atoms with Gasteiger partial charge in [0.1, 0.15) is 12.1 Å². The van der Waals surface area contributed by atoms with Gasteiger partial charge in [0, 0.05) is 29.6 Å². The molecule has 3 aromatic carbocycles. The van der Waals surface area contributed by atoms with Crippen molar-refractivity contribution in [1.29, 1.82) is 0 Å². The molecule has 1 spiro atoms. The first kappa shape index (κ1) is 31.1. The van der Waals surface area contributed by atoms with Crippen molar-refractivity contribution in [2.75, 3.05) is 6.54 Å². The molecule has 4 fully saturated rings. The van der Waals surface area contributed by atoms with Crippen molar-refractivity contribution < 1.29 is 28.7 Å². The van der Waals surface area contributed by atoms with Gasteiger partial charge < -0.3 is 24.9 Å². The van der Waals surface area contributed by atoms with Crippen LogP contribution in [0.1, 0.15) is 85.7 Å². The van der Waals surface area contributed by atoms with Crippen LogP contribution in [0.5, 0.6) is 0 Å². The lowest BCUT2D eigenvalue weighted by atomic mass is 9.90. The van der Waals surface area contributed by atoms with E-state index in [2.05, 4.69) is 41.4 Å². The third-order valence-corrected chi connectivity index (χ3v) is 11.6. The van der Waals surface area contributed by atoms with Gasteiger partial charge in [0.2, 0.25) is 11.8 Å². The number of hydrogen-bond donors (Lipinski definition) is 3. The standard InChI is InChI=1S/C36H42N3O6P/c1-23-7-13-31(37-33(40)27-11-10-26-9-8-24(18-28(26)19-27)22-46(43,44)45)34(41)39-30(17-23)12-14-32(39)35(42)38-21-29(20-36(38)15-16-36)25-5-3-2-4-6-25/h2-6,8-11,18-19,23,29-32H,7,12-17,20-22H2,1H3,(H,37,40)(H2,43,44,45)/t23-,29?,30+,31-,32-/m0/s1. The number of likely N-dealkylation sites (tertiary alicyclic amines) is 1. The fraction of sp³-hybridized carbons (Fsp3) is 0.472. The van der Waals surface area contributed by atoms with Crippen molar-refractivity contribution in [1.82, 2.24) is 15.1 Å². The Morgan fingerprint density at radius 1 is 0.957 bits per heavy atom. The second kappa shape index (κ2) is 11.9. The lowest BCUT2D eigenvalue weighted by Gasteiger charge is -2.38. The van der Waals surface area contributed by atoms with Gasteiger partial charge in [0.25, 0.3) is 5.91 Å². The van der Waals surface area contributed by atoms with Crippen LogP contribution in [0.15, 0.2) is 66.7 Å². The van der Waals surface area contributed by atoms with Crippen molar-refractivity contribution in [3.05, 3.63) is 83.4 Å². The van der Waals surface area contributed by atoms with Gasteiger partial charge in [-0.25, -0.2) is 0 Å². The van der Waals surface area contributed by atoms with E-state index in [4.69, 9.17) is 0 Å². The molecule has 3 heterocycles. The average Bonchev–Trinajstić information content (AvgIpc) is 3.52. The molecular weight excluding hydrogens is 601 g/mol. The number of benzene rings is 3. The molecule has 0 radical (unpaired) electrons. The number of rotatable bonds is 6. The average molecular weight is 644 g/mol. The third-order valence-electron chi connectivity index (χ3n) is 10.8. The molecule has 3 saturated heterocycles. The Hall–Kier alpha value is -3.52. The van der Waals surface area contributed by atoms with E-state index in [1.165, 1.54) is 5.56 Å². The summed E-state index contributed by atoms with van der Waals surface area (Å²) in [5, 5.41) is 4.54. The monoisotopic (exact) mass is 643 g/mol. The van der Waals surface area contributed by atoms with Crippen molar-refractivity contribution in [3.8, 4) is 0 Å². The fourth-order valence-corrected chi connectivity index (χ4v) is 8.97. The minimum absolute atomic E-state index is 0.0213. The molecule has 9 nitrogen and oxygen atoms in total. The van der Waals surface area contributed by atoms with Crippen LogP contribution < -0.4 is 5.32 Å². The lowest BCUT2D eigenvalue weighted by Crippen LogP contribution is -2.58. The van der Waals surface area contributed by atoms with Gasteiger partial charge in [0.05, 0.1) is 6.16 Å². The minimum atomic E-state index is -4.24. The highest BCUT2D eigenvalue weighted by Gasteiger charge is 2.58. The molecule has 3 aliphatic heterocycles. The van der Waals surface area contributed by atoms with Crippen LogP contribution in [0.3, 0.4) is 0 Å². The summed E-state index contributed by atoms with van der Waals surface area (Å²) >= 11 is 0. The first-order valence-electron chi connectivity index (χ1n) is 16.6. The Morgan fingerprint density at radius 2 is 1.72 bits per heavy atom. The summed E-state index contributed by atoms with van der Waals surface area (Å²) < 4.78 is 11.5. The number of amides is 3. The number of carbonyl (C=O) groups is 3. The zero-order chi connectivity index (χ0) is 32.2. The maximum Gasteiger partial charge on any atom is 0.329 e. The summed E-state index contributed by atoms with van der Waals surface area (Å²) in [6.45, 7) is 2.87. The first-order valence-corrected chi connectivity index (χ1v) is 18.4. The summed E-state index contributed by atoms with van der Waals surface area (Å²) in [6.07, 6.45) is 6.20. The molecular formula is C36H42N3O6P. The van der Waals surface area contributed by atoms with Gasteiger partial charge in [-0.3, -0.25) is 18.9 Å². The van der Waals surface area contributed by atoms with E-state index < -0.39 is 19.7 Å². The molecule has 3 amide bonds. The molecule has 1 saturated carbocycles. The molecule has 1 unspecified atom stereocenters. The van der Waals surface area contributed by atoms with E-state index in [9.17, 15) is 28.7 Å². The van der Waals surface area contributed by atoms with E-state index >= 15 is 0 Å². The zero-order valence-corrected chi connectivity index (χ0v) is 27.1. The van der Waals surface area contributed by atoms with Crippen LogP contribution in [0.2, 0.25) is 0 Å². The highest BCUT2D eigenvalue weighted by molar-refractivity contribution is 7.50. The third kappa shape index (κ3) is 6.13. The van der Waals surface area contributed by atoms with Gasteiger partial charge in [0.15, 0.2) is 0 Å². The molecule has 10 heteroatoms. The van der Waals surface area contributed by atoms with Gasteiger partial charge in [-0.1, -0.05) is 61.5 Å². The van der Waals surface area contributed by atoms with E-state index in [1.807, 2.05) is 11.0 Å². The Kier molecular flexibility index (Phi) is 8.07. The molecule has 242 valence electrons. The van der Waals surface area contributed by atoms with Crippen LogP contribution in [0.25, 0.3) is 10.8 Å². The van der Waals surface area contributed by atoms with Crippen LogP contribution in [0.4, 0.5) is 0 Å². The van der Waals surface area contributed by atoms with E-state index in [1.54, 1.807) is 36.4 Å². The predicted molar refractivity (Wildman–Crippen MR) is 175 cm³/mol. The topological polar surface area (TPSA) is 127 Å². The molecule has 1 aliphatic carbocycles. The Morgan fingerprint density at radius 3 is 2.46 bits per heavy atom. The smallest absolute Gasteiger partial charge is 0.329 e. The SMILES string of the molecule is C[C@H]1CC[C@H](NC(=O)c2ccc3ccc(CP(=O)(O)O)cc3c2)C(=O)N2[C@H](CC[C@H]2C(=O)N2CC(c3ccccc3)CC23CC3)C1. The fourth-order valence-electron chi connectivity index (χ4n) is 8.29. The first-order chi connectivity index (χ1) is 22.0. The highest BCUT2D eigenvalue weighted by Crippen LogP contribution is 2.54. The van der Waals surface area contributed by atoms with Crippen LogP contribution in [0, 0.1) is 5.92 Å². The number of carbonyl (C=O) groups excluding carboxylic acids is 3. The molecule has 7 rings (SSSR count). The maximum absolute atomic E-state index is 14.3. The zero-order valence-electron chi connectivity index (χ0n) is 26.2. The Bertz CT molecular complexity index is 1720. The second-order valence-corrected chi connectivity index (χ2v) is 15.8. The summed E-state index contributed by atoms with van der Waals surface area (Å²) in [6, 6.07) is 19.5. The summed E-state index contributed by atoms with van der Waals surface area (Å²) in [7, 11) is -4.24. The maximum atomic E-state index is 14.3. The van der Waals surface area contributed by atoms with Crippen LogP contribution >= 0.6 is 7.60 Å². The van der Waals surface area contributed by atoms with Gasteiger partial charge >= 0.3 is 7.60 Å². The molecule has 0 aromatic heterocycles. The van der Waals surface area contributed by atoms with Gasteiger partial charge in [-0.05, 0) is 91.3 Å². The number of fused-ring (bicyclic) bond motifs is 2. The summed E-state index contributed by atoms with van der Waals surface area (Å²) in [5.41, 5.74) is 2.02. The van der Waals surface area contributed by atoms with Gasteiger partial charge in [-0.2, -0.15) is 0 Å². The van der Waals surface area contributed by atoms with E-state index in [-0.39, 0.29) is 35.5 Å². The Balaban J connectivity index is 1.10. The quantitative estimate of drug-likeness (QED) is 0.311. The number of nitrogens with zero attached hydrogens (tertiary/aromatic N) is 2. The predicted octanol–water partition coefficient (Wildman–Crippen LogP) is 5.34. The number of nitrogens with one attached hydrogen (secondary N) is 1. The molecule has 46 heavy (non-hydrogen) atoms. The van der Waals surface area contributed by atoms with Crippen molar-refractivity contribution in [2.24, 2.45) is 5.92 Å². The minimum Gasteiger partial charge on any atom is -0.340 e. The van der Waals surface area contributed by atoms with E-state index in [0.29, 0.717) is 47.7 Å². The van der Waals surface area contributed by atoms with Crippen molar-refractivity contribution in [3.63, 3.8) is 0 Å². The van der Waals surface area contributed by atoms with Gasteiger partial charge in [-0.15, -0.1) is 0 Å². The van der Waals surface area contributed by atoms with Crippen LogP contribution in [-0.4, -0.2) is 67.5 Å². The molecule has 5 atom stereocenters. The molecule has 3 aromatic rings. The summed E-state index contributed by atoms with van der Waals surface area (Å²) in [4.78, 5) is 65.0. The largest absolute Gasteiger partial charge is 0.340 e. The van der Waals surface area contributed by atoms with Crippen molar-refractivity contribution in [2.45, 2.75) is 94.0 Å². The molecule has 0 bridgehead atoms. The molecule has 3 N–H and O–H groups in total.